The standard InChI is InChI=1S/C22H20ClNO5/c23-17-5-8-20-15(11-17)10-16(12-28-20)22(27)29-13-19(25)14-3-6-18(7-4-14)24-9-1-2-21(24)26/h3-8,11,16H,1-2,9-10,12-13H2/t16-/m0/s1. The third-order valence-electron chi connectivity index (χ3n) is 5.18. The topological polar surface area (TPSA) is 72.9 Å². The van der Waals surface area contributed by atoms with E-state index in [1.807, 2.05) is 0 Å². The maximum absolute atomic E-state index is 12.4. The van der Waals surface area contributed by atoms with E-state index in [2.05, 4.69) is 0 Å². The number of rotatable bonds is 5. The Morgan fingerprint density at radius 3 is 2.69 bits per heavy atom. The molecule has 2 heterocycles. The first-order valence-corrected chi connectivity index (χ1v) is 9.90. The Labute approximate surface area is 173 Å². The molecule has 150 valence electrons. The molecule has 0 aromatic heterocycles. The maximum atomic E-state index is 12.4. The molecule has 0 radical (unpaired) electrons. The van der Waals surface area contributed by atoms with Crippen molar-refractivity contribution in [2.45, 2.75) is 19.3 Å². The van der Waals surface area contributed by atoms with Crippen LogP contribution >= 0.6 is 11.6 Å². The van der Waals surface area contributed by atoms with Gasteiger partial charge in [-0.15, -0.1) is 0 Å². The van der Waals surface area contributed by atoms with Crippen LogP contribution in [0.2, 0.25) is 5.02 Å². The van der Waals surface area contributed by atoms with Crippen molar-refractivity contribution in [3.05, 3.63) is 58.6 Å². The van der Waals surface area contributed by atoms with Crippen molar-refractivity contribution in [1.82, 2.24) is 0 Å². The summed E-state index contributed by atoms with van der Waals surface area (Å²) in [6.45, 7) is 0.571. The van der Waals surface area contributed by atoms with Gasteiger partial charge in [0.25, 0.3) is 0 Å². The summed E-state index contributed by atoms with van der Waals surface area (Å²) in [5.41, 5.74) is 2.06. The molecule has 0 unspecified atom stereocenters. The molecule has 7 heteroatoms. The van der Waals surface area contributed by atoms with Gasteiger partial charge < -0.3 is 14.4 Å². The summed E-state index contributed by atoms with van der Waals surface area (Å²) >= 11 is 6.00. The molecule has 0 aliphatic carbocycles. The number of hydrogen-bond donors (Lipinski definition) is 0. The third kappa shape index (κ3) is 4.27. The lowest BCUT2D eigenvalue weighted by molar-refractivity contribution is -0.148. The van der Waals surface area contributed by atoms with E-state index in [1.54, 1.807) is 47.4 Å². The summed E-state index contributed by atoms with van der Waals surface area (Å²) in [6, 6.07) is 12.1. The predicted octanol–water partition coefficient (Wildman–Crippen LogP) is 3.44. The first kappa shape index (κ1) is 19.5. The highest BCUT2D eigenvalue weighted by atomic mass is 35.5. The van der Waals surface area contributed by atoms with Crippen LogP contribution in [0.25, 0.3) is 0 Å². The van der Waals surface area contributed by atoms with Gasteiger partial charge in [0, 0.05) is 29.2 Å². The number of amides is 1. The van der Waals surface area contributed by atoms with Gasteiger partial charge >= 0.3 is 5.97 Å². The van der Waals surface area contributed by atoms with E-state index in [9.17, 15) is 14.4 Å². The smallest absolute Gasteiger partial charge is 0.313 e. The Hall–Kier alpha value is -2.86. The van der Waals surface area contributed by atoms with Crippen LogP contribution in [0.3, 0.4) is 0 Å². The molecule has 1 saturated heterocycles. The number of fused-ring (bicyclic) bond motifs is 1. The van der Waals surface area contributed by atoms with Gasteiger partial charge in [0.05, 0.1) is 5.92 Å². The average molecular weight is 414 g/mol. The van der Waals surface area contributed by atoms with Crippen molar-refractivity contribution >= 4 is 34.9 Å². The van der Waals surface area contributed by atoms with Crippen molar-refractivity contribution < 1.29 is 23.9 Å². The Bertz CT molecular complexity index is 956. The van der Waals surface area contributed by atoms with Crippen LogP contribution in [-0.2, 0) is 20.7 Å². The zero-order chi connectivity index (χ0) is 20.4. The normalized spacial score (nSPS) is 18.2. The van der Waals surface area contributed by atoms with E-state index in [0.717, 1.165) is 17.7 Å². The van der Waals surface area contributed by atoms with Crippen LogP contribution in [-0.4, -0.2) is 37.4 Å². The zero-order valence-corrected chi connectivity index (χ0v) is 16.5. The first-order valence-electron chi connectivity index (χ1n) is 9.53. The zero-order valence-electron chi connectivity index (χ0n) is 15.7. The number of hydrogen-bond acceptors (Lipinski definition) is 5. The fraction of sp³-hybridized carbons (Fsp3) is 0.318. The van der Waals surface area contributed by atoms with E-state index < -0.39 is 11.9 Å². The van der Waals surface area contributed by atoms with Crippen molar-refractivity contribution in [2.24, 2.45) is 5.92 Å². The van der Waals surface area contributed by atoms with E-state index in [0.29, 0.717) is 35.7 Å². The Kier molecular flexibility index (Phi) is 5.53. The van der Waals surface area contributed by atoms with Gasteiger partial charge in [-0.3, -0.25) is 14.4 Å². The van der Waals surface area contributed by atoms with Gasteiger partial charge in [0.1, 0.15) is 12.4 Å². The van der Waals surface area contributed by atoms with Crippen LogP contribution in [0.15, 0.2) is 42.5 Å². The molecule has 2 aliphatic heterocycles. The number of carbonyl (C=O) groups is 3. The predicted molar refractivity (Wildman–Crippen MR) is 107 cm³/mol. The minimum Gasteiger partial charge on any atom is -0.492 e. The van der Waals surface area contributed by atoms with Gasteiger partial charge in [-0.1, -0.05) is 11.6 Å². The van der Waals surface area contributed by atoms with E-state index in [4.69, 9.17) is 21.1 Å². The minimum absolute atomic E-state index is 0.0931. The molecular formula is C22H20ClNO5. The van der Waals surface area contributed by atoms with Crippen LogP contribution in [0.4, 0.5) is 5.69 Å². The summed E-state index contributed by atoms with van der Waals surface area (Å²) in [5.74, 6) is -0.430. The number of halogens is 1. The van der Waals surface area contributed by atoms with Crippen LogP contribution in [0.1, 0.15) is 28.8 Å². The molecule has 0 bridgehead atoms. The number of ketones is 1. The van der Waals surface area contributed by atoms with Crippen molar-refractivity contribution in [3.8, 4) is 5.75 Å². The SMILES string of the molecule is O=C(COC(=O)[C@@H]1COc2ccc(Cl)cc2C1)c1ccc(N2CCCC2=O)cc1. The second-order valence-corrected chi connectivity index (χ2v) is 7.63. The van der Waals surface area contributed by atoms with Gasteiger partial charge in [0.15, 0.2) is 12.4 Å². The highest BCUT2D eigenvalue weighted by Crippen LogP contribution is 2.30. The minimum atomic E-state index is -0.475. The van der Waals surface area contributed by atoms with Gasteiger partial charge in [-0.25, -0.2) is 0 Å². The van der Waals surface area contributed by atoms with E-state index in [-0.39, 0.29) is 24.9 Å². The monoisotopic (exact) mass is 413 g/mol. The van der Waals surface area contributed by atoms with Crippen molar-refractivity contribution in [3.63, 3.8) is 0 Å². The molecule has 2 aromatic carbocycles. The summed E-state index contributed by atoms with van der Waals surface area (Å²) < 4.78 is 10.8. The van der Waals surface area contributed by atoms with Crippen LogP contribution in [0, 0.1) is 5.92 Å². The second kappa shape index (κ2) is 8.25. The van der Waals surface area contributed by atoms with Crippen molar-refractivity contribution in [2.75, 3.05) is 24.7 Å². The number of benzene rings is 2. The first-order chi connectivity index (χ1) is 14.0. The average Bonchev–Trinajstić information content (AvgIpc) is 3.17. The van der Waals surface area contributed by atoms with Gasteiger partial charge in [-0.05, 0) is 60.9 Å². The van der Waals surface area contributed by atoms with Crippen molar-refractivity contribution in [1.29, 1.82) is 0 Å². The van der Waals surface area contributed by atoms with Crippen LogP contribution < -0.4 is 9.64 Å². The number of Topliss-reactive ketones (excluding diaryl/α,β-unsaturated/α-hetero) is 1. The third-order valence-corrected chi connectivity index (χ3v) is 5.42. The maximum Gasteiger partial charge on any atom is 0.313 e. The summed E-state index contributed by atoms with van der Waals surface area (Å²) in [6.07, 6.45) is 1.86. The van der Waals surface area contributed by atoms with Crippen LogP contribution in [0.5, 0.6) is 5.75 Å². The molecule has 29 heavy (non-hydrogen) atoms. The number of anilines is 1. The highest BCUT2D eigenvalue weighted by Gasteiger charge is 2.28. The summed E-state index contributed by atoms with van der Waals surface area (Å²) in [4.78, 5) is 38.2. The number of ether oxygens (including phenoxy) is 2. The molecule has 2 aliphatic rings. The summed E-state index contributed by atoms with van der Waals surface area (Å²) in [5, 5.41) is 0.579. The molecule has 0 N–H and O–H groups in total. The van der Waals surface area contributed by atoms with Gasteiger partial charge in [-0.2, -0.15) is 0 Å². The lowest BCUT2D eigenvalue weighted by atomic mass is 9.97. The number of nitrogens with zero attached hydrogens (tertiary/aromatic N) is 1. The number of carbonyl (C=O) groups excluding carboxylic acids is 3. The summed E-state index contributed by atoms with van der Waals surface area (Å²) in [7, 11) is 0. The molecule has 0 spiro atoms. The van der Waals surface area contributed by atoms with E-state index in [1.165, 1.54) is 0 Å². The molecule has 0 saturated carbocycles. The Balaban J connectivity index is 1.32. The lowest BCUT2D eigenvalue weighted by Gasteiger charge is -2.24. The molecule has 1 fully saturated rings. The molecule has 4 rings (SSSR count). The lowest BCUT2D eigenvalue weighted by Crippen LogP contribution is -2.31. The highest BCUT2D eigenvalue weighted by molar-refractivity contribution is 6.30. The molecule has 6 nitrogen and oxygen atoms in total. The molecule has 2 aromatic rings. The second-order valence-electron chi connectivity index (χ2n) is 7.19. The number of esters is 1. The quantitative estimate of drug-likeness (QED) is 0.554. The fourth-order valence-corrected chi connectivity index (χ4v) is 3.80. The van der Waals surface area contributed by atoms with Gasteiger partial charge in [0.2, 0.25) is 5.91 Å². The molecule has 1 atom stereocenters. The molecular weight excluding hydrogens is 394 g/mol. The molecule has 1 amide bonds. The largest absolute Gasteiger partial charge is 0.492 e. The van der Waals surface area contributed by atoms with E-state index >= 15 is 0 Å². The Morgan fingerprint density at radius 2 is 1.97 bits per heavy atom. The Morgan fingerprint density at radius 1 is 1.17 bits per heavy atom. The fourth-order valence-electron chi connectivity index (χ4n) is 3.60.